The lowest BCUT2D eigenvalue weighted by atomic mass is 9.63. The van der Waals surface area contributed by atoms with Crippen molar-refractivity contribution in [3.8, 4) is 0 Å². The number of benzene rings is 2. The fourth-order valence-corrected chi connectivity index (χ4v) is 6.69. The van der Waals surface area contributed by atoms with E-state index in [1.54, 1.807) is 6.33 Å². The van der Waals surface area contributed by atoms with Gasteiger partial charge in [0, 0.05) is 44.0 Å². The molecule has 9 heteroatoms. The Morgan fingerprint density at radius 1 is 0.929 bits per heavy atom. The zero-order valence-corrected chi connectivity index (χ0v) is 25.4. The number of hydrogen-bond donors (Lipinski definition) is 2. The number of amides is 2. The van der Waals surface area contributed by atoms with E-state index in [1.165, 1.54) is 37.7 Å². The number of nitrogens with zero attached hydrogens (tertiary/aromatic N) is 4. The SMILES string of the molecule is NCc1ccccc1CCC(N)=O.O=C(CCc1ccc(Cl)cc1)N1CCC(Cn2cncn2)(C2CCCCC2)CC1. The minimum Gasteiger partial charge on any atom is -0.370 e. The number of aryl methyl sites for hydroxylation is 2. The third-order valence-corrected chi connectivity index (χ3v) is 9.30. The van der Waals surface area contributed by atoms with Gasteiger partial charge in [-0.15, -0.1) is 0 Å². The summed E-state index contributed by atoms with van der Waals surface area (Å²) in [5, 5.41) is 5.13. The number of nitrogens with two attached hydrogens (primary N) is 2. The summed E-state index contributed by atoms with van der Waals surface area (Å²) < 4.78 is 2.01. The van der Waals surface area contributed by atoms with Crippen LogP contribution >= 0.6 is 11.6 Å². The van der Waals surface area contributed by atoms with Crippen molar-refractivity contribution in [2.75, 3.05) is 13.1 Å². The fraction of sp³-hybridized carbons (Fsp3) is 0.515. The Hall–Kier alpha value is -3.23. The van der Waals surface area contributed by atoms with Gasteiger partial charge in [-0.05, 0) is 78.7 Å². The van der Waals surface area contributed by atoms with Gasteiger partial charge in [0.2, 0.25) is 11.8 Å². The molecule has 5 rings (SSSR count). The van der Waals surface area contributed by atoms with E-state index >= 15 is 0 Å². The zero-order valence-electron chi connectivity index (χ0n) is 24.6. The van der Waals surface area contributed by atoms with Gasteiger partial charge in [0.1, 0.15) is 12.7 Å². The topological polar surface area (TPSA) is 120 Å². The molecule has 2 amide bonds. The van der Waals surface area contributed by atoms with Gasteiger partial charge in [-0.2, -0.15) is 5.10 Å². The summed E-state index contributed by atoms with van der Waals surface area (Å²) in [4.78, 5) is 29.6. The van der Waals surface area contributed by atoms with Crippen molar-refractivity contribution in [1.82, 2.24) is 19.7 Å². The van der Waals surface area contributed by atoms with E-state index in [4.69, 9.17) is 23.1 Å². The monoisotopic (exact) mass is 592 g/mol. The Morgan fingerprint density at radius 2 is 1.62 bits per heavy atom. The van der Waals surface area contributed by atoms with Crippen molar-refractivity contribution in [3.05, 3.63) is 82.9 Å². The first-order valence-corrected chi connectivity index (χ1v) is 15.7. The van der Waals surface area contributed by atoms with Gasteiger partial charge >= 0.3 is 0 Å². The van der Waals surface area contributed by atoms with Crippen LogP contribution in [0.2, 0.25) is 5.02 Å². The molecule has 0 radical (unpaired) electrons. The highest BCUT2D eigenvalue weighted by Gasteiger charge is 2.42. The van der Waals surface area contributed by atoms with E-state index in [2.05, 4.69) is 15.0 Å². The molecule has 1 saturated carbocycles. The van der Waals surface area contributed by atoms with E-state index in [-0.39, 0.29) is 17.2 Å². The Labute approximate surface area is 254 Å². The lowest BCUT2D eigenvalue weighted by molar-refractivity contribution is -0.134. The van der Waals surface area contributed by atoms with Gasteiger partial charge < -0.3 is 16.4 Å². The van der Waals surface area contributed by atoms with Crippen molar-refractivity contribution in [1.29, 1.82) is 0 Å². The van der Waals surface area contributed by atoms with Crippen LogP contribution in [0.15, 0.2) is 61.2 Å². The third-order valence-electron chi connectivity index (χ3n) is 9.05. The quantitative estimate of drug-likeness (QED) is 0.330. The standard InChI is InChI=1S/C23H31ClN4O.C10H14N2O/c24-21-9-6-19(7-10-21)8-11-22(29)27-14-12-23(13-15-27,16-28-18-25-17-26-28)20-4-2-1-3-5-20;11-7-9-4-2-1-3-8(9)5-6-10(12)13/h6-7,9-10,17-18,20H,1-5,8,11-16H2;1-4H,5-7,11H2,(H2,12,13). The summed E-state index contributed by atoms with van der Waals surface area (Å²) >= 11 is 5.95. The number of rotatable bonds is 10. The van der Waals surface area contributed by atoms with Crippen molar-refractivity contribution in [2.24, 2.45) is 22.8 Å². The van der Waals surface area contributed by atoms with Crippen LogP contribution in [0.25, 0.3) is 0 Å². The molecule has 0 spiro atoms. The van der Waals surface area contributed by atoms with Crippen molar-refractivity contribution >= 4 is 23.4 Å². The number of carbonyl (C=O) groups is 2. The largest absolute Gasteiger partial charge is 0.370 e. The molecule has 4 N–H and O–H groups in total. The maximum Gasteiger partial charge on any atom is 0.222 e. The molecular weight excluding hydrogens is 548 g/mol. The Bertz CT molecular complexity index is 1250. The Morgan fingerprint density at radius 3 is 2.24 bits per heavy atom. The van der Waals surface area contributed by atoms with Crippen LogP contribution in [0.5, 0.6) is 0 Å². The third kappa shape index (κ3) is 9.13. The van der Waals surface area contributed by atoms with Crippen LogP contribution in [0.3, 0.4) is 0 Å². The normalized spacial score (nSPS) is 16.9. The second-order valence-electron chi connectivity index (χ2n) is 11.7. The lowest BCUT2D eigenvalue weighted by Crippen LogP contribution is -2.48. The summed E-state index contributed by atoms with van der Waals surface area (Å²) in [6.45, 7) is 3.18. The molecule has 3 aromatic rings. The summed E-state index contributed by atoms with van der Waals surface area (Å²) in [5.41, 5.74) is 14.2. The molecule has 0 unspecified atom stereocenters. The maximum atomic E-state index is 12.8. The molecule has 2 aromatic carbocycles. The number of piperidine rings is 1. The van der Waals surface area contributed by atoms with Crippen LogP contribution in [0, 0.1) is 11.3 Å². The van der Waals surface area contributed by atoms with Crippen LogP contribution in [0.4, 0.5) is 0 Å². The molecule has 0 atom stereocenters. The Balaban J connectivity index is 0.000000262. The molecule has 2 heterocycles. The van der Waals surface area contributed by atoms with Crippen molar-refractivity contribution < 1.29 is 9.59 Å². The number of hydrogen-bond acceptors (Lipinski definition) is 5. The highest BCUT2D eigenvalue weighted by molar-refractivity contribution is 6.30. The predicted octanol–water partition coefficient (Wildman–Crippen LogP) is 5.32. The first-order chi connectivity index (χ1) is 20.4. The maximum absolute atomic E-state index is 12.8. The van der Waals surface area contributed by atoms with Crippen LogP contribution in [0.1, 0.15) is 74.5 Å². The predicted molar refractivity (Wildman–Crippen MR) is 166 cm³/mol. The number of likely N-dealkylation sites (tertiary alicyclic amines) is 1. The second-order valence-corrected chi connectivity index (χ2v) is 12.2. The van der Waals surface area contributed by atoms with E-state index < -0.39 is 0 Å². The van der Waals surface area contributed by atoms with Gasteiger partial charge in [0.25, 0.3) is 0 Å². The molecule has 226 valence electrons. The molecule has 2 fully saturated rings. The highest BCUT2D eigenvalue weighted by atomic mass is 35.5. The van der Waals surface area contributed by atoms with E-state index in [1.807, 2.05) is 59.5 Å². The summed E-state index contributed by atoms with van der Waals surface area (Å²) in [6.07, 6.45) is 14.7. The summed E-state index contributed by atoms with van der Waals surface area (Å²) in [5.74, 6) is 0.747. The van der Waals surface area contributed by atoms with Crippen LogP contribution in [-0.4, -0.2) is 44.6 Å². The van der Waals surface area contributed by atoms with Gasteiger partial charge in [-0.3, -0.25) is 14.3 Å². The summed E-state index contributed by atoms with van der Waals surface area (Å²) in [7, 11) is 0. The van der Waals surface area contributed by atoms with Crippen molar-refractivity contribution in [3.63, 3.8) is 0 Å². The number of halogens is 1. The van der Waals surface area contributed by atoms with Gasteiger partial charge in [0.15, 0.2) is 0 Å². The van der Waals surface area contributed by atoms with Gasteiger partial charge in [-0.25, -0.2) is 4.98 Å². The van der Waals surface area contributed by atoms with E-state index in [0.717, 1.165) is 61.0 Å². The Kier molecular flexibility index (Phi) is 12.0. The minimum absolute atomic E-state index is 0.251. The molecular formula is C33H45ClN6O2. The molecule has 1 saturated heterocycles. The van der Waals surface area contributed by atoms with Gasteiger partial charge in [-0.1, -0.05) is 67.3 Å². The average Bonchev–Trinajstić information content (AvgIpc) is 3.53. The molecule has 2 aliphatic rings. The molecule has 8 nitrogen and oxygen atoms in total. The molecule has 1 aliphatic carbocycles. The van der Waals surface area contributed by atoms with Crippen LogP contribution in [-0.2, 0) is 35.5 Å². The lowest BCUT2D eigenvalue weighted by Gasteiger charge is -2.48. The van der Waals surface area contributed by atoms with Crippen molar-refractivity contribution in [2.45, 2.75) is 83.7 Å². The van der Waals surface area contributed by atoms with E-state index in [9.17, 15) is 9.59 Å². The highest BCUT2D eigenvalue weighted by Crippen LogP contribution is 2.47. The van der Waals surface area contributed by atoms with Crippen LogP contribution < -0.4 is 11.5 Å². The number of aromatic nitrogens is 3. The van der Waals surface area contributed by atoms with Gasteiger partial charge in [0.05, 0.1) is 0 Å². The smallest absolute Gasteiger partial charge is 0.222 e. The molecule has 1 aromatic heterocycles. The zero-order chi connectivity index (χ0) is 29.8. The first-order valence-electron chi connectivity index (χ1n) is 15.3. The second kappa shape index (κ2) is 15.8. The molecule has 1 aliphatic heterocycles. The molecule has 42 heavy (non-hydrogen) atoms. The van der Waals surface area contributed by atoms with E-state index in [0.29, 0.717) is 25.8 Å². The summed E-state index contributed by atoms with van der Waals surface area (Å²) in [6, 6.07) is 15.6. The average molecular weight is 593 g/mol. The fourth-order valence-electron chi connectivity index (χ4n) is 6.57. The number of carbonyl (C=O) groups excluding carboxylic acids is 2. The molecule has 0 bridgehead atoms. The first kappa shape index (κ1) is 31.7. The number of primary amides is 1. The minimum atomic E-state index is -0.271.